The number of hydrogen-bond donors (Lipinski definition) is 2. The van der Waals surface area contributed by atoms with Crippen molar-refractivity contribution >= 4 is 22.8 Å². The first-order valence-electron chi connectivity index (χ1n) is 5.84. The largest absolute Gasteiger partial charge is 0.377 e. The highest BCUT2D eigenvalue weighted by Gasteiger charge is 2.17. The number of nitrogens with two attached hydrogens (primary N) is 2. The van der Waals surface area contributed by atoms with E-state index in [9.17, 15) is 4.79 Å². The number of allylic oxidation sites excluding steroid dienone is 2. The molecule has 0 saturated carbocycles. The van der Waals surface area contributed by atoms with Crippen LogP contribution in [-0.2, 0) is 4.79 Å². The molecule has 0 bridgehead atoms. The average Bonchev–Trinajstić information content (AvgIpc) is 2.38. The molecule has 0 aromatic heterocycles. The molecule has 0 spiro atoms. The van der Waals surface area contributed by atoms with E-state index in [0.29, 0.717) is 6.54 Å². The Morgan fingerprint density at radius 3 is 2.88 bits per heavy atom. The Hall–Kier alpha value is -1.17. The Labute approximate surface area is 106 Å². The maximum atomic E-state index is 12.0. The van der Waals surface area contributed by atoms with E-state index in [2.05, 4.69) is 11.2 Å². The maximum absolute atomic E-state index is 12.0. The van der Waals surface area contributed by atoms with Crippen LogP contribution in [0, 0.1) is 0 Å². The summed E-state index contributed by atoms with van der Waals surface area (Å²) >= 11 is 1.18. The highest BCUT2D eigenvalue weighted by atomic mass is 32.2. The molecule has 0 unspecified atom stereocenters. The number of nitrogens with zero attached hydrogens (tertiary/aromatic N) is 2. The number of amidine groups is 1. The van der Waals surface area contributed by atoms with Crippen LogP contribution in [0.5, 0.6) is 0 Å². The molecule has 0 atom stereocenters. The predicted octanol–water partition coefficient (Wildman–Crippen LogP) is 1.21. The summed E-state index contributed by atoms with van der Waals surface area (Å²) in [4.78, 5) is 13.8. The van der Waals surface area contributed by atoms with Gasteiger partial charge in [-0.2, -0.15) is 5.10 Å². The Morgan fingerprint density at radius 2 is 2.35 bits per heavy atom. The minimum Gasteiger partial charge on any atom is -0.377 e. The lowest BCUT2D eigenvalue weighted by Crippen LogP contribution is -2.33. The van der Waals surface area contributed by atoms with Gasteiger partial charge in [0.05, 0.1) is 5.75 Å². The summed E-state index contributed by atoms with van der Waals surface area (Å²) in [5.41, 5.74) is 6.59. The van der Waals surface area contributed by atoms with Crippen LogP contribution in [0.1, 0.15) is 32.6 Å². The molecule has 96 valence electrons. The molecule has 0 aliphatic heterocycles. The molecular weight excluding hydrogens is 236 g/mol. The summed E-state index contributed by atoms with van der Waals surface area (Å²) in [5, 5.41) is 3.57. The normalized spacial score (nSPS) is 16.5. The van der Waals surface area contributed by atoms with Gasteiger partial charge in [0.25, 0.3) is 0 Å². The average molecular weight is 256 g/mol. The fourth-order valence-electron chi connectivity index (χ4n) is 1.86. The van der Waals surface area contributed by atoms with Crippen molar-refractivity contribution in [2.75, 3.05) is 12.3 Å². The van der Waals surface area contributed by atoms with Gasteiger partial charge in [-0.3, -0.25) is 4.79 Å². The number of amides is 1. The molecule has 0 fully saturated rings. The van der Waals surface area contributed by atoms with Gasteiger partial charge < -0.3 is 16.5 Å². The van der Waals surface area contributed by atoms with Crippen molar-refractivity contribution in [3.8, 4) is 0 Å². The van der Waals surface area contributed by atoms with Crippen molar-refractivity contribution in [2.45, 2.75) is 32.6 Å². The maximum Gasteiger partial charge on any atom is 0.237 e. The standard InChI is InChI=1S/C11H20N4OS/c1-2-15(9-6-4-3-5-7-9)10(16)8-17-11(12)14-13/h6H,2-5,7-8,13H2,1H3,(H2,12,14). The summed E-state index contributed by atoms with van der Waals surface area (Å²) in [6.07, 6.45) is 6.60. The third kappa shape index (κ3) is 4.30. The number of thioether (sulfide) groups is 1. The topological polar surface area (TPSA) is 84.7 Å². The molecule has 0 heterocycles. The minimum atomic E-state index is 0.0669. The van der Waals surface area contributed by atoms with Crippen molar-refractivity contribution in [1.29, 1.82) is 0 Å². The molecule has 1 aliphatic rings. The number of carbonyl (C=O) groups excluding carboxylic acids is 1. The molecule has 5 nitrogen and oxygen atoms in total. The molecule has 0 saturated heterocycles. The third-order valence-corrected chi connectivity index (χ3v) is 3.49. The highest BCUT2D eigenvalue weighted by molar-refractivity contribution is 8.14. The van der Waals surface area contributed by atoms with Gasteiger partial charge in [-0.25, -0.2) is 0 Å². The molecule has 1 aliphatic carbocycles. The van der Waals surface area contributed by atoms with Crippen LogP contribution in [-0.4, -0.2) is 28.3 Å². The molecule has 1 amide bonds. The van der Waals surface area contributed by atoms with Crippen molar-refractivity contribution in [3.05, 3.63) is 11.8 Å². The van der Waals surface area contributed by atoms with Gasteiger partial charge in [0.2, 0.25) is 5.91 Å². The summed E-state index contributed by atoms with van der Waals surface area (Å²) < 4.78 is 0. The predicted molar refractivity (Wildman–Crippen MR) is 72.2 cm³/mol. The van der Waals surface area contributed by atoms with Crippen LogP contribution < -0.4 is 11.6 Å². The summed E-state index contributed by atoms with van der Waals surface area (Å²) in [7, 11) is 0. The Bertz CT molecular complexity index is 327. The summed E-state index contributed by atoms with van der Waals surface area (Å²) in [6.45, 7) is 2.68. The molecule has 0 radical (unpaired) electrons. The fraction of sp³-hybridized carbons (Fsp3) is 0.636. The van der Waals surface area contributed by atoms with Gasteiger partial charge in [0.15, 0.2) is 5.17 Å². The lowest BCUT2D eigenvalue weighted by molar-refractivity contribution is -0.126. The van der Waals surface area contributed by atoms with Gasteiger partial charge in [-0.15, -0.1) is 0 Å². The highest BCUT2D eigenvalue weighted by Crippen LogP contribution is 2.21. The van der Waals surface area contributed by atoms with E-state index in [1.54, 1.807) is 0 Å². The molecule has 0 aromatic rings. The SMILES string of the molecule is CCN(C(=O)CSC(N)=NN)C1=CCCCC1. The second-order valence-corrected chi connectivity index (χ2v) is 4.83. The fourth-order valence-corrected chi connectivity index (χ4v) is 2.36. The van der Waals surface area contributed by atoms with E-state index in [-0.39, 0.29) is 16.8 Å². The Balaban J connectivity index is 2.54. The van der Waals surface area contributed by atoms with Crippen LogP contribution in [0.4, 0.5) is 0 Å². The van der Waals surface area contributed by atoms with E-state index in [1.165, 1.54) is 18.2 Å². The Kier molecular flexibility index (Phi) is 5.90. The van der Waals surface area contributed by atoms with Crippen molar-refractivity contribution in [1.82, 2.24) is 4.90 Å². The molecular formula is C11H20N4OS. The van der Waals surface area contributed by atoms with E-state index in [4.69, 9.17) is 11.6 Å². The second-order valence-electron chi connectivity index (χ2n) is 3.84. The van der Waals surface area contributed by atoms with Crippen LogP contribution in [0.2, 0.25) is 0 Å². The number of hydrazone groups is 1. The quantitative estimate of drug-likeness (QED) is 0.343. The first-order chi connectivity index (χ1) is 8.19. The van der Waals surface area contributed by atoms with Crippen molar-refractivity contribution < 1.29 is 4.79 Å². The van der Waals surface area contributed by atoms with Gasteiger partial charge in [-0.05, 0) is 32.6 Å². The van der Waals surface area contributed by atoms with Crippen molar-refractivity contribution in [3.63, 3.8) is 0 Å². The second kappa shape index (κ2) is 7.21. The molecule has 1 rings (SSSR count). The third-order valence-electron chi connectivity index (χ3n) is 2.70. The zero-order chi connectivity index (χ0) is 12.7. The monoisotopic (exact) mass is 256 g/mol. The lowest BCUT2D eigenvalue weighted by atomic mass is 10.0. The lowest BCUT2D eigenvalue weighted by Gasteiger charge is -2.26. The van der Waals surface area contributed by atoms with Gasteiger partial charge in [0, 0.05) is 12.2 Å². The van der Waals surface area contributed by atoms with E-state index in [1.807, 2.05) is 11.8 Å². The smallest absolute Gasteiger partial charge is 0.237 e. The number of hydrogen-bond acceptors (Lipinski definition) is 4. The molecule has 17 heavy (non-hydrogen) atoms. The van der Waals surface area contributed by atoms with Crippen LogP contribution in [0.15, 0.2) is 16.9 Å². The first-order valence-corrected chi connectivity index (χ1v) is 6.83. The van der Waals surface area contributed by atoms with Gasteiger partial charge >= 0.3 is 0 Å². The Morgan fingerprint density at radius 1 is 1.59 bits per heavy atom. The molecule has 4 N–H and O–H groups in total. The minimum absolute atomic E-state index is 0.0669. The van der Waals surface area contributed by atoms with Crippen LogP contribution in [0.3, 0.4) is 0 Å². The zero-order valence-electron chi connectivity index (χ0n) is 10.2. The van der Waals surface area contributed by atoms with E-state index < -0.39 is 0 Å². The summed E-state index contributed by atoms with van der Waals surface area (Å²) in [6, 6.07) is 0. The molecule has 6 heteroatoms. The molecule has 0 aromatic carbocycles. The van der Waals surface area contributed by atoms with Crippen LogP contribution in [0.25, 0.3) is 0 Å². The van der Waals surface area contributed by atoms with Gasteiger partial charge in [-0.1, -0.05) is 17.8 Å². The van der Waals surface area contributed by atoms with Crippen LogP contribution >= 0.6 is 11.8 Å². The van der Waals surface area contributed by atoms with Gasteiger partial charge in [0.1, 0.15) is 0 Å². The number of carbonyl (C=O) groups is 1. The number of rotatable bonds is 4. The van der Waals surface area contributed by atoms with E-state index >= 15 is 0 Å². The first kappa shape index (κ1) is 13.9. The summed E-state index contributed by atoms with van der Waals surface area (Å²) in [5.74, 6) is 5.37. The van der Waals surface area contributed by atoms with Crippen molar-refractivity contribution in [2.24, 2.45) is 16.7 Å². The van der Waals surface area contributed by atoms with E-state index in [0.717, 1.165) is 25.0 Å². The zero-order valence-corrected chi connectivity index (χ0v) is 11.0.